The normalized spacial score (nSPS) is 11.4. The molecule has 2 aromatic rings. The molecule has 0 aromatic heterocycles. The average Bonchev–Trinajstić information content (AvgIpc) is 2.53. The smallest absolute Gasteiger partial charge is 0.252 e. The van der Waals surface area contributed by atoms with Crippen LogP contribution in [-0.4, -0.2) is 17.9 Å². The number of hydrogen-bond acceptors (Lipinski definition) is 3. The van der Waals surface area contributed by atoms with Crippen molar-refractivity contribution >= 4 is 11.8 Å². The maximum Gasteiger partial charge on any atom is 0.252 e. The summed E-state index contributed by atoms with van der Waals surface area (Å²) >= 11 is 0. The van der Waals surface area contributed by atoms with E-state index in [9.17, 15) is 18.4 Å². The van der Waals surface area contributed by atoms with Crippen molar-refractivity contribution in [3.63, 3.8) is 0 Å². The standard InChI is InChI=1S/C17H13F2N3O2/c18-13-6-12(7-14(19)8-13)17(24)22-15(16(21)23)5-10-1-3-11(9-20)4-2-10/h1-4,6-8,15H,5H2,(H2,21,23)(H,22,24)/t15-/m1/s1. The van der Waals surface area contributed by atoms with Crippen LogP contribution in [0.2, 0.25) is 0 Å². The maximum absolute atomic E-state index is 13.2. The van der Waals surface area contributed by atoms with E-state index in [1.165, 1.54) is 0 Å². The minimum Gasteiger partial charge on any atom is -0.368 e. The van der Waals surface area contributed by atoms with Crippen LogP contribution >= 0.6 is 0 Å². The fourth-order valence-corrected chi connectivity index (χ4v) is 2.10. The highest BCUT2D eigenvalue weighted by atomic mass is 19.1. The summed E-state index contributed by atoms with van der Waals surface area (Å²) in [6, 6.07) is 9.65. The molecule has 0 aliphatic heterocycles. The third-order valence-electron chi connectivity index (χ3n) is 3.30. The molecule has 0 fully saturated rings. The quantitative estimate of drug-likeness (QED) is 0.873. The van der Waals surface area contributed by atoms with E-state index >= 15 is 0 Å². The third-order valence-corrected chi connectivity index (χ3v) is 3.30. The van der Waals surface area contributed by atoms with Gasteiger partial charge in [-0.3, -0.25) is 9.59 Å². The van der Waals surface area contributed by atoms with Gasteiger partial charge in [0, 0.05) is 18.1 Å². The van der Waals surface area contributed by atoms with Crippen LogP contribution in [0, 0.1) is 23.0 Å². The lowest BCUT2D eigenvalue weighted by Gasteiger charge is -2.16. The van der Waals surface area contributed by atoms with Crippen LogP contribution in [0.25, 0.3) is 0 Å². The molecule has 2 rings (SSSR count). The lowest BCUT2D eigenvalue weighted by atomic mass is 10.0. The zero-order valence-corrected chi connectivity index (χ0v) is 12.4. The van der Waals surface area contributed by atoms with Gasteiger partial charge in [0.2, 0.25) is 5.91 Å². The predicted molar refractivity (Wildman–Crippen MR) is 81.7 cm³/mol. The van der Waals surface area contributed by atoms with Crippen molar-refractivity contribution in [3.05, 3.63) is 70.8 Å². The van der Waals surface area contributed by atoms with Crippen LogP contribution in [0.1, 0.15) is 21.5 Å². The Balaban J connectivity index is 2.14. The van der Waals surface area contributed by atoms with E-state index in [0.29, 0.717) is 17.2 Å². The Morgan fingerprint density at radius 2 is 1.71 bits per heavy atom. The second-order valence-corrected chi connectivity index (χ2v) is 5.10. The number of amides is 2. The van der Waals surface area contributed by atoms with Gasteiger partial charge in [0.05, 0.1) is 11.6 Å². The van der Waals surface area contributed by atoms with Gasteiger partial charge in [-0.25, -0.2) is 8.78 Å². The Morgan fingerprint density at radius 1 is 1.12 bits per heavy atom. The first-order valence-electron chi connectivity index (χ1n) is 6.94. The first-order chi connectivity index (χ1) is 11.4. The number of nitrogens with two attached hydrogens (primary N) is 1. The van der Waals surface area contributed by atoms with Gasteiger partial charge in [-0.05, 0) is 29.8 Å². The van der Waals surface area contributed by atoms with Crippen molar-refractivity contribution in [1.29, 1.82) is 5.26 Å². The predicted octanol–water partition coefficient (Wildman–Crippen LogP) is 1.66. The minimum absolute atomic E-state index is 0.0879. The van der Waals surface area contributed by atoms with E-state index in [1.54, 1.807) is 24.3 Å². The molecule has 0 spiro atoms. The van der Waals surface area contributed by atoms with E-state index in [0.717, 1.165) is 12.1 Å². The summed E-state index contributed by atoms with van der Waals surface area (Å²) in [7, 11) is 0. The van der Waals surface area contributed by atoms with Crippen molar-refractivity contribution in [2.45, 2.75) is 12.5 Å². The lowest BCUT2D eigenvalue weighted by molar-refractivity contribution is -0.119. The van der Waals surface area contributed by atoms with Crippen molar-refractivity contribution in [2.75, 3.05) is 0 Å². The van der Waals surface area contributed by atoms with Crippen molar-refractivity contribution in [2.24, 2.45) is 5.73 Å². The Kier molecular flexibility index (Phi) is 5.22. The summed E-state index contributed by atoms with van der Waals surface area (Å²) in [4.78, 5) is 23.6. The van der Waals surface area contributed by atoms with Gasteiger partial charge in [-0.2, -0.15) is 5.26 Å². The van der Waals surface area contributed by atoms with E-state index < -0.39 is 29.5 Å². The zero-order valence-electron chi connectivity index (χ0n) is 12.4. The number of nitrogens with one attached hydrogen (secondary N) is 1. The molecule has 1 atom stereocenters. The molecule has 3 N–H and O–H groups in total. The van der Waals surface area contributed by atoms with Gasteiger partial charge >= 0.3 is 0 Å². The molecule has 24 heavy (non-hydrogen) atoms. The van der Waals surface area contributed by atoms with Gasteiger partial charge in [-0.15, -0.1) is 0 Å². The molecule has 0 bridgehead atoms. The number of carbonyl (C=O) groups is 2. The Bertz CT molecular complexity index is 793. The first-order valence-corrected chi connectivity index (χ1v) is 6.94. The first kappa shape index (κ1) is 17.1. The molecule has 0 saturated heterocycles. The molecule has 0 heterocycles. The second-order valence-electron chi connectivity index (χ2n) is 5.10. The number of carbonyl (C=O) groups excluding carboxylic acids is 2. The lowest BCUT2D eigenvalue weighted by Crippen LogP contribution is -2.45. The van der Waals surface area contributed by atoms with Crippen molar-refractivity contribution in [3.8, 4) is 6.07 Å². The Morgan fingerprint density at radius 3 is 2.21 bits per heavy atom. The number of nitrogens with zero attached hydrogens (tertiary/aromatic N) is 1. The number of halogens is 2. The molecule has 0 unspecified atom stereocenters. The van der Waals surface area contributed by atoms with Crippen LogP contribution in [0.5, 0.6) is 0 Å². The van der Waals surface area contributed by atoms with Gasteiger partial charge in [0.1, 0.15) is 17.7 Å². The summed E-state index contributed by atoms with van der Waals surface area (Å²) in [6.45, 7) is 0. The highest BCUT2D eigenvalue weighted by Crippen LogP contribution is 2.10. The monoisotopic (exact) mass is 329 g/mol. The van der Waals surface area contributed by atoms with E-state index in [4.69, 9.17) is 11.0 Å². The number of nitriles is 1. The topological polar surface area (TPSA) is 96.0 Å². The number of primary amides is 1. The largest absolute Gasteiger partial charge is 0.368 e. The number of hydrogen-bond donors (Lipinski definition) is 2. The summed E-state index contributed by atoms with van der Waals surface area (Å²) in [5, 5.41) is 11.1. The molecule has 2 amide bonds. The molecule has 7 heteroatoms. The van der Waals surface area contributed by atoms with Crippen LogP contribution in [0.4, 0.5) is 8.78 Å². The molecular formula is C17H13F2N3O2. The van der Waals surface area contributed by atoms with Crippen LogP contribution in [0.3, 0.4) is 0 Å². The summed E-state index contributed by atoms with van der Waals surface area (Å²) in [5.41, 5.74) is 6.14. The van der Waals surface area contributed by atoms with E-state index in [1.807, 2.05) is 6.07 Å². The summed E-state index contributed by atoms with van der Waals surface area (Å²) in [5.74, 6) is -3.40. The van der Waals surface area contributed by atoms with Crippen molar-refractivity contribution < 1.29 is 18.4 Å². The zero-order chi connectivity index (χ0) is 17.7. The van der Waals surface area contributed by atoms with Gasteiger partial charge < -0.3 is 11.1 Å². The highest BCUT2D eigenvalue weighted by molar-refractivity contribution is 5.97. The third kappa shape index (κ3) is 4.36. The van der Waals surface area contributed by atoms with Gasteiger partial charge in [0.25, 0.3) is 5.91 Å². The highest BCUT2D eigenvalue weighted by Gasteiger charge is 2.20. The van der Waals surface area contributed by atoms with Gasteiger partial charge in [-0.1, -0.05) is 12.1 Å². The van der Waals surface area contributed by atoms with E-state index in [2.05, 4.69) is 5.32 Å². The summed E-state index contributed by atoms with van der Waals surface area (Å²) in [6.07, 6.45) is 0.0879. The fraction of sp³-hybridized carbons (Fsp3) is 0.118. The number of benzene rings is 2. The Hall–Kier alpha value is -3.27. The molecule has 0 aliphatic carbocycles. The maximum atomic E-state index is 13.2. The molecule has 0 radical (unpaired) electrons. The molecule has 5 nitrogen and oxygen atoms in total. The average molecular weight is 329 g/mol. The minimum atomic E-state index is -1.06. The molecule has 2 aromatic carbocycles. The van der Waals surface area contributed by atoms with E-state index in [-0.39, 0.29) is 12.0 Å². The van der Waals surface area contributed by atoms with Crippen LogP contribution in [-0.2, 0) is 11.2 Å². The van der Waals surface area contributed by atoms with Crippen LogP contribution in [0.15, 0.2) is 42.5 Å². The SMILES string of the molecule is N#Cc1ccc(C[C@@H](NC(=O)c2cc(F)cc(F)c2)C(N)=O)cc1. The molecule has 0 aliphatic rings. The number of rotatable bonds is 5. The second kappa shape index (κ2) is 7.33. The molecule has 122 valence electrons. The van der Waals surface area contributed by atoms with Crippen LogP contribution < -0.4 is 11.1 Å². The van der Waals surface area contributed by atoms with Gasteiger partial charge in [0.15, 0.2) is 0 Å². The fourth-order valence-electron chi connectivity index (χ4n) is 2.10. The summed E-state index contributed by atoms with van der Waals surface area (Å²) < 4.78 is 26.3. The van der Waals surface area contributed by atoms with Crippen molar-refractivity contribution in [1.82, 2.24) is 5.32 Å². The molecular weight excluding hydrogens is 316 g/mol. The Labute approximate surface area is 136 Å². The molecule has 0 saturated carbocycles.